The van der Waals surface area contributed by atoms with Gasteiger partial charge in [-0.15, -0.1) is 0 Å². The average molecular weight is 433 g/mol. The number of carbonyl (C=O) groups is 2. The Morgan fingerprint density at radius 2 is 1.70 bits per heavy atom. The van der Waals surface area contributed by atoms with Gasteiger partial charge in [-0.25, -0.2) is 0 Å². The molecule has 2 amide bonds. The summed E-state index contributed by atoms with van der Waals surface area (Å²) in [7, 11) is 1.54. The van der Waals surface area contributed by atoms with E-state index in [4.69, 9.17) is 21.1 Å². The molecule has 1 atom stereocenters. The van der Waals surface area contributed by atoms with E-state index in [2.05, 4.69) is 5.32 Å². The number of benzene rings is 2. The first-order valence-corrected chi connectivity index (χ1v) is 10.3. The van der Waals surface area contributed by atoms with E-state index in [1.54, 1.807) is 42.3 Å². The average Bonchev–Trinajstić information content (AvgIpc) is 2.73. The molecule has 30 heavy (non-hydrogen) atoms. The number of rotatable bonds is 10. The molecular formula is C23H29ClN2O4. The number of hydrogen-bond acceptors (Lipinski definition) is 4. The van der Waals surface area contributed by atoms with Crippen LogP contribution in [0.15, 0.2) is 48.5 Å². The third-order valence-electron chi connectivity index (χ3n) is 4.50. The summed E-state index contributed by atoms with van der Waals surface area (Å²) in [6.07, 6.45) is 0.479. The Hall–Kier alpha value is -2.73. The molecule has 6 nitrogen and oxygen atoms in total. The smallest absolute Gasteiger partial charge is 0.261 e. The number of hydrogen-bond donors (Lipinski definition) is 1. The zero-order valence-corrected chi connectivity index (χ0v) is 18.6. The van der Waals surface area contributed by atoms with Crippen LogP contribution in [-0.2, 0) is 16.1 Å². The van der Waals surface area contributed by atoms with Gasteiger partial charge in [0.15, 0.2) is 18.1 Å². The Morgan fingerprint density at radius 1 is 1.07 bits per heavy atom. The number of methoxy groups -OCH3 is 1. The molecule has 1 unspecified atom stereocenters. The molecule has 0 saturated heterocycles. The Kier molecular flexibility index (Phi) is 8.99. The van der Waals surface area contributed by atoms with Crippen molar-refractivity contribution in [3.05, 3.63) is 59.1 Å². The number of ether oxygens (including phenoxy) is 2. The summed E-state index contributed by atoms with van der Waals surface area (Å²) in [5.41, 5.74) is 0.876. The number of nitrogens with one attached hydrogen (secondary N) is 1. The zero-order valence-electron chi connectivity index (χ0n) is 17.9. The van der Waals surface area contributed by atoms with E-state index < -0.39 is 6.04 Å². The third-order valence-corrected chi connectivity index (χ3v) is 4.76. The predicted octanol–water partition coefficient (Wildman–Crippen LogP) is 4.06. The van der Waals surface area contributed by atoms with Crippen molar-refractivity contribution in [1.82, 2.24) is 10.2 Å². The minimum atomic E-state index is -0.614. The first-order valence-electron chi connectivity index (χ1n) is 9.95. The summed E-state index contributed by atoms with van der Waals surface area (Å²) in [5.74, 6) is 0.535. The van der Waals surface area contributed by atoms with Gasteiger partial charge in [0.05, 0.1) is 7.11 Å². The lowest BCUT2D eigenvalue weighted by Crippen LogP contribution is -2.51. The molecule has 0 bridgehead atoms. The second kappa shape index (κ2) is 11.5. The van der Waals surface area contributed by atoms with Crippen molar-refractivity contribution in [3.8, 4) is 11.5 Å². The number of halogens is 1. The van der Waals surface area contributed by atoms with Crippen LogP contribution < -0.4 is 14.8 Å². The van der Waals surface area contributed by atoms with Crippen molar-refractivity contribution < 1.29 is 19.1 Å². The highest BCUT2D eigenvalue weighted by molar-refractivity contribution is 6.30. The van der Waals surface area contributed by atoms with E-state index in [0.717, 1.165) is 5.56 Å². The SMILES string of the molecule is CCC(C(=O)NC(C)C)N(Cc1ccc(Cl)cc1)C(=O)COc1ccccc1OC. The van der Waals surface area contributed by atoms with Crippen LogP contribution in [-0.4, -0.2) is 42.5 Å². The van der Waals surface area contributed by atoms with Gasteiger partial charge in [-0.05, 0) is 50.1 Å². The normalized spacial score (nSPS) is 11.7. The van der Waals surface area contributed by atoms with E-state index in [1.807, 2.05) is 39.0 Å². The van der Waals surface area contributed by atoms with Gasteiger partial charge < -0.3 is 19.7 Å². The monoisotopic (exact) mass is 432 g/mol. The number of amides is 2. The van der Waals surface area contributed by atoms with Gasteiger partial charge in [0, 0.05) is 17.6 Å². The van der Waals surface area contributed by atoms with Crippen LogP contribution in [0.25, 0.3) is 0 Å². The molecule has 0 saturated carbocycles. The predicted molar refractivity (Wildman–Crippen MR) is 118 cm³/mol. The third kappa shape index (κ3) is 6.66. The molecule has 0 aliphatic rings. The standard InChI is InChI=1S/C23H29ClN2O4/c1-5-19(23(28)25-16(2)3)26(14-17-10-12-18(24)13-11-17)22(27)15-30-21-9-7-6-8-20(21)29-4/h6-13,16,19H,5,14-15H2,1-4H3,(H,25,28). The van der Waals surface area contributed by atoms with E-state index in [9.17, 15) is 9.59 Å². The van der Waals surface area contributed by atoms with Crippen molar-refractivity contribution in [3.63, 3.8) is 0 Å². The van der Waals surface area contributed by atoms with Crippen LogP contribution in [0.2, 0.25) is 5.02 Å². The quantitative estimate of drug-likeness (QED) is 0.614. The molecule has 2 aromatic carbocycles. The molecule has 7 heteroatoms. The van der Waals surface area contributed by atoms with Gasteiger partial charge in [0.1, 0.15) is 6.04 Å². The Labute approximate surface area is 183 Å². The molecule has 0 aliphatic heterocycles. The van der Waals surface area contributed by atoms with E-state index in [1.165, 1.54) is 0 Å². The number of nitrogens with zero attached hydrogens (tertiary/aromatic N) is 1. The maximum atomic E-state index is 13.1. The molecule has 0 aliphatic carbocycles. The number of carbonyl (C=O) groups excluding carboxylic acids is 2. The highest BCUT2D eigenvalue weighted by Gasteiger charge is 2.29. The van der Waals surface area contributed by atoms with Gasteiger partial charge in [-0.3, -0.25) is 9.59 Å². The molecule has 0 heterocycles. The second-order valence-corrected chi connectivity index (χ2v) is 7.61. The van der Waals surface area contributed by atoms with Gasteiger partial charge in [-0.2, -0.15) is 0 Å². The minimum absolute atomic E-state index is 0.0242. The van der Waals surface area contributed by atoms with Crippen molar-refractivity contribution in [2.24, 2.45) is 0 Å². The summed E-state index contributed by atoms with van der Waals surface area (Å²) >= 11 is 5.98. The Bertz CT molecular complexity index is 839. The van der Waals surface area contributed by atoms with Crippen molar-refractivity contribution >= 4 is 23.4 Å². The molecule has 2 rings (SSSR count). The van der Waals surface area contributed by atoms with Crippen LogP contribution in [0.5, 0.6) is 11.5 Å². The lowest BCUT2D eigenvalue weighted by atomic mass is 10.1. The summed E-state index contributed by atoms with van der Waals surface area (Å²) < 4.78 is 11.0. The van der Waals surface area contributed by atoms with Crippen molar-refractivity contribution in [1.29, 1.82) is 0 Å². The highest BCUT2D eigenvalue weighted by atomic mass is 35.5. The first kappa shape index (κ1) is 23.5. The first-order chi connectivity index (χ1) is 14.3. The second-order valence-electron chi connectivity index (χ2n) is 7.17. The van der Waals surface area contributed by atoms with Crippen LogP contribution in [0.1, 0.15) is 32.8 Å². The Morgan fingerprint density at radius 3 is 2.27 bits per heavy atom. The molecule has 162 valence electrons. The van der Waals surface area contributed by atoms with Crippen LogP contribution in [0.3, 0.4) is 0 Å². The molecule has 2 aromatic rings. The molecule has 0 spiro atoms. The fourth-order valence-corrected chi connectivity index (χ4v) is 3.17. The summed E-state index contributed by atoms with van der Waals surface area (Å²) in [6.45, 7) is 5.73. The maximum absolute atomic E-state index is 13.1. The fraction of sp³-hybridized carbons (Fsp3) is 0.391. The summed E-state index contributed by atoms with van der Waals surface area (Å²) in [6, 6.07) is 13.7. The lowest BCUT2D eigenvalue weighted by molar-refractivity contribution is -0.143. The van der Waals surface area contributed by atoms with E-state index >= 15 is 0 Å². The lowest BCUT2D eigenvalue weighted by Gasteiger charge is -2.31. The summed E-state index contributed by atoms with van der Waals surface area (Å²) in [5, 5.41) is 3.51. The molecule has 1 N–H and O–H groups in total. The van der Waals surface area contributed by atoms with Crippen LogP contribution >= 0.6 is 11.6 Å². The van der Waals surface area contributed by atoms with E-state index in [0.29, 0.717) is 22.9 Å². The van der Waals surface area contributed by atoms with Crippen molar-refractivity contribution in [2.45, 2.75) is 45.8 Å². The van der Waals surface area contributed by atoms with Crippen LogP contribution in [0.4, 0.5) is 0 Å². The maximum Gasteiger partial charge on any atom is 0.261 e. The zero-order chi connectivity index (χ0) is 22.1. The molecule has 0 radical (unpaired) electrons. The van der Waals surface area contributed by atoms with E-state index in [-0.39, 0.29) is 31.0 Å². The van der Waals surface area contributed by atoms with Gasteiger partial charge in [-0.1, -0.05) is 42.8 Å². The molecular weight excluding hydrogens is 404 g/mol. The number of para-hydroxylation sites is 2. The Balaban J connectivity index is 2.22. The van der Waals surface area contributed by atoms with Gasteiger partial charge >= 0.3 is 0 Å². The van der Waals surface area contributed by atoms with Gasteiger partial charge in [0.25, 0.3) is 5.91 Å². The molecule has 0 fully saturated rings. The van der Waals surface area contributed by atoms with Crippen molar-refractivity contribution in [2.75, 3.05) is 13.7 Å². The van der Waals surface area contributed by atoms with Crippen LogP contribution in [0, 0.1) is 0 Å². The minimum Gasteiger partial charge on any atom is -0.493 e. The molecule has 0 aromatic heterocycles. The topological polar surface area (TPSA) is 67.9 Å². The fourth-order valence-electron chi connectivity index (χ4n) is 3.05. The summed E-state index contributed by atoms with van der Waals surface area (Å²) in [4.78, 5) is 27.4. The largest absolute Gasteiger partial charge is 0.493 e. The van der Waals surface area contributed by atoms with Gasteiger partial charge in [0.2, 0.25) is 5.91 Å². The highest BCUT2D eigenvalue weighted by Crippen LogP contribution is 2.26.